The number of nitrogens with two attached hydrogens (primary N) is 1. The van der Waals surface area contributed by atoms with Gasteiger partial charge in [0.15, 0.2) is 0 Å². The van der Waals surface area contributed by atoms with E-state index >= 15 is 0 Å². The first-order chi connectivity index (χ1) is 9.54. The molecule has 2 unspecified atom stereocenters. The van der Waals surface area contributed by atoms with Gasteiger partial charge in [-0.05, 0) is 49.4 Å². The van der Waals surface area contributed by atoms with Crippen LogP contribution in [0.1, 0.15) is 22.1 Å². The lowest BCUT2D eigenvalue weighted by molar-refractivity contribution is -0.0431. The number of hydrogen-bond donors (Lipinski definition) is 2. The van der Waals surface area contributed by atoms with E-state index in [1.165, 1.54) is 19.5 Å². The summed E-state index contributed by atoms with van der Waals surface area (Å²) < 4.78 is 0. The molecular formula is C14H16N2O2S2. The number of nitrogens with zero attached hydrogens (tertiary/aromatic N) is 1. The highest BCUT2D eigenvalue weighted by molar-refractivity contribution is 7.22. The minimum Gasteiger partial charge on any atom is -0.350 e. The smallest absolute Gasteiger partial charge is 0.338 e. The van der Waals surface area contributed by atoms with Crippen LogP contribution in [0.5, 0.6) is 0 Å². The van der Waals surface area contributed by atoms with Gasteiger partial charge in [0.25, 0.3) is 0 Å². The van der Waals surface area contributed by atoms with Crippen molar-refractivity contribution in [3.63, 3.8) is 0 Å². The summed E-state index contributed by atoms with van der Waals surface area (Å²) in [6.45, 7) is 2.44. The molecule has 0 spiro atoms. The maximum atomic E-state index is 10.8. The monoisotopic (exact) mass is 308 g/mol. The lowest BCUT2D eigenvalue weighted by Crippen LogP contribution is -2.34. The van der Waals surface area contributed by atoms with E-state index in [2.05, 4.69) is 31.2 Å². The number of urea groups is 1. The van der Waals surface area contributed by atoms with E-state index in [0.717, 1.165) is 6.42 Å². The van der Waals surface area contributed by atoms with Gasteiger partial charge in [-0.3, -0.25) is 5.21 Å². The molecule has 4 nitrogen and oxygen atoms in total. The number of aryl methyl sites for hydroxylation is 1. The molecule has 3 rings (SSSR count). The Balaban J connectivity index is 1.66. The molecule has 1 aliphatic carbocycles. The highest BCUT2D eigenvalue weighted by Crippen LogP contribution is 2.51. The molecule has 0 radical (unpaired) electrons. The molecule has 0 aliphatic heterocycles. The Kier molecular flexibility index (Phi) is 3.54. The van der Waals surface area contributed by atoms with E-state index in [-0.39, 0.29) is 0 Å². The fourth-order valence-corrected chi connectivity index (χ4v) is 4.53. The van der Waals surface area contributed by atoms with E-state index in [0.29, 0.717) is 23.4 Å². The number of primary amides is 1. The van der Waals surface area contributed by atoms with Gasteiger partial charge >= 0.3 is 6.03 Å². The fourth-order valence-electron chi connectivity index (χ4n) is 2.36. The Bertz CT molecular complexity index is 635. The molecule has 1 aliphatic rings. The van der Waals surface area contributed by atoms with E-state index in [9.17, 15) is 10.0 Å². The average Bonchev–Trinajstić information content (AvgIpc) is 2.83. The first-order valence-electron chi connectivity index (χ1n) is 6.47. The SMILES string of the molecule is Cc1ccc(-c2ccc(C3CC3CN(O)C(N)=O)s2)s1. The third-order valence-corrected chi connectivity index (χ3v) is 5.97. The van der Waals surface area contributed by atoms with Crippen molar-refractivity contribution in [2.75, 3.05) is 6.54 Å². The molecular weight excluding hydrogens is 292 g/mol. The zero-order chi connectivity index (χ0) is 14.3. The summed E-state index contributed by atoms with van der Waals surface area (Å²) in [4.78, 5) is 16.0. The molecule has 2 heterocycles. The van der Waals surface area contributed by atoms with Crippen molar-refractivity contribution in [1.29, 1.82) is 0 Å². The van der Waals surface area contributed by atoms with E-state index in [1.54, 1.807) is 22.7 Å². The van der Waals surface area contributed by atoms with Crippen molar-refractivity contribution >= 4 is 28.7 Å². The number of thiophene rings is 2. The zero-order valence-corrected chi connectivity index (χ0v) is 12.7. The summed E-state index contributed by atoms with van der Waals surface area (Å²) in [6, 6.07) is 7.83. The van der Waals surface area contributed by atoms with Gasteiger partial charge in [-0.25, -0.2) is 9.86 Å². The summed E-state index contributed by atoms with van der Waals surface area (Å²) in [6.07, 6.45) is 1.01. The summed E-state index contributed by atoms with van der Waals surface area (Å²) in [5, 5.41) is 9.96. The topological polar surface area (TPSA) is 66.6 Å². The molecule has 2 atom stereocenters. The number of hydrogen-bond acceptors (Lipinski definition) is 4. The largest absolute Gasteiger partial charge is 0.350 e. The maximum absolute atomic E-state index is 10.8. The summed E-state index contributed by atoms with van der Waals surface area (Å²) in [7, 11) is 0. The van der Waals surface area contributed by atoms with Crippen molar-refractivity contribution in [1.82, 2.24) is 5.06 Å². The molecule has 106 valence electrons. The van der Waals surface area contributed by atoms with E-state index < -0.39 is 6.03 Å². The molecule has 2 aromatic rings. The zero-order valence-electron chi connectivity index (χ0n) is 11.1. The quantitative estimate of drug-likeness (QED) is 0.668. The molecule has 6 heteroatoms. The Morgan fingerprint density at radius 1 is 1.35 bits per heavy atom. The minimum atomic E-state index is -0.781. The third-order valence-electron chi connectivity index (χ3n) is 3.56. The number of hydroxylamine groups is 2. The average molecular weight is 308 g/mol. The van der Waals surface area contributed by atoms with Crippen LogP contribution in [0.2, 0.25) is 0 Å². The van der Waals surface area contributed by atoms with Crippen LogP contribution >= 0.6 is 22.7 Å². The number of rotatable bonds is 4. The van der Waals surface area contributed by atoms with Crippen LogP contribution < -0.4 is 5.73 Å². The van der Waals surface area contributed by atoms with Crippen molar-refractivity contribution in [3.8, 4) is 9.75 Å². The summed E-state index contributed by atoms with van der Waals surface area (Å²) >= 11 is 3.61. The Hall–Kier alpha value is -1.37. The van der Waals surface area contributed by atoms with Crippen LogP contribution in [0.25, 0.3) is 9.75 Å². The summed E-state index contributed by atoms with van der Waals surface area (Å²) in [5.74, 6) is 0.771. The predicted molar refractivity (Wildman–Crippen MR) is 81.3 cm³/mol. The molecule has 3 N–H and O–H groups in total. The lowest BCUT2D eigenvalue weighted by atomic mass is 10.2. The van der Waals surface area contributed by atoms with Crippen LogP contribution in [0.15, 0.2) is 24.3 Å². The van der Waals surface area contributed by atoms with Crippen LogP contribution in [-0.2, 0) is 0 Å². The van der Waals surface area contributed by atoms with Gasteiger partial charge in [0.2, 0.25) is 0 Å². The number of carbonyl (C=O) groups is 1. The first kappa shape index (κ1) is 13.6. The second-order valence-corrected chi connectivity index (χ2v) is 7.54. The molecule has 1 saturated carbocycles. The molecule has 1 fully saturated rings. The minimum absolute atomic E-state index is 0.323. The van der Waals surface area contributed by atoms with Crippen LogP contribution in [0.4, 0.5) is 4.79 Å². The van der Waals surface area contributed by atoms with Crippen molar-refractivity contribution in [2.24, 2.45) is 11.7 Å². The van der Waals surface area contributed by atoms with Gasteiger partial charge in [0.1, 0.15) is 0 Å². The van der Waals surface area contributed by atoms with Gasteiger partial charge in [-0.2, -0.15) is 0 Å². The van der Waals surface area contributed by atoms with Crippen LogP contribution in [-0.4, -0.2) is 22.8 Å². The second-order valence-electron chi connectivity index (χ2n) is 5.13. The van der Waals surface area contributed by atoms with Crippen molar-refractivity contribution < 1.29 is 10.0 Å². The van der Waals surface area contributed by atoms with E-state index in [4.69, 9.17) is 5.73 Å². The van der Waals surface area contributed by atoms with Crippen LogP contribution in [0.3, 0.4) is 0 Å². The first-order valence-corrected chi connectivity index (χ1v) is 8.10. The molecule has 2 aromatic heterocycles. The summed E-state index contributed by atoms with van der Waals surface area (Å²) in [5.41, 5.74) is 5.02. The second kappa shape index (κ2) is 5.20. The Morgan fingerprint density at radius 2 is 2.05 bits per heavy atom. The normalized spacial score (nSPS) is 20.9. The molecule has 0 bridgehead atoms. The van der Waals surface area contributed by atoms with Gasteiger partial charge in [0, 0.05) is 19.5 Å². The van der Waals surface area contributed by atoms with Crippen LogP contribution in [0, 0.1) is 12.8 Å². The third kappa shape index (κ3) is 2.72. The van der Waals surface area contributed by atoms with Gasteiger partial charge in [-0.15, -0.1) is 22.7 Å². The number of carbonyl (C=O) groups excluding carboxylic acids is 1. The molecule has 20 heavy (non-hydrogen) atoms. The van der Waals surface area contributed by atoms with E-state index in [1.807, 2.05) is 0 Å². The van der Waals surface area contributed by atoms with Gasteiger partial charge < -0.3 is 5.73 Å². The maximum Gasteiger partial charge on any atom is 0.338 e. The molecule has 0 saturated heterocycles. The Labute approximate surface area is 125 Å². The standard InChI is InChI=1S/C14H16N2O2S2/c1-8-2-3-12(19-8)13-5-4-11(20-13)10-6-9(10)7-16(18)14(15)17/h2-5,9-10,18H,6-7H2,1H3,(H2,15,17). The highest BCUT2D eigenvalue weighted by atomic mass is 32.1. The van der Waals surface area contributed by atoms with Gasteiger partial charge in [-0.1, -0.05) is 0 Å². The van der Waals surface area contributed by atoms with Gasteiger partial charge in [0.05, 0.1) is 6.54 Å². The lowest BCUT2D eigenvalue weighted by Gasteiger charge is -2.10. The predicted octanol–water partition coefficient (Wildman–Crippen LogP) is 3.66. The van der Waals surface area contributed by atoms with Crippen molar-refractivity contribution in [2.45, 2.75) is 19.3 Å². The highest BCUT2D eigenvalue weighted by Gasteiger charge is 2.40. The Morgan fingerprint density at radius 3 is 2.70 bits per heavy atom. The van der Waals surface area contributed by atoms with Crippen molar-refractivity contribution in [3.05, 3.63) is 34.0 Å². The molecule has 0 aromatic carbocycles. The molecule has 2 amide bonds. The fraction of sp³-hybridized carbons (Fsp3) is 0.357. The number of amides is 2.